The van der Waals surface area contributed by atoms with Crippen LogP contribution in [0, 0.1) is 13.8 Å². The summed E-state index contributed by atoms with van der Waals surface area (Å²) in [6.07, 6.45) is 1.67. The van der Waals surface area contributed by atoms with Crippen molar-refractivity contribution in [1.29, 1.82) is 0 Å². The van der Waals surface area contributed by atoms with Gasteiger partial charge in [-0.3, -0.25) is 9.48 Å². The van der Waals surface area contributed by atoms with Gasteiger partial charge in [0.1, 0.15) is 12.4 Å². The molecule has 27 heavy (non-hydrogen) atoms. The van der Waals surface area contributed by atoms with E-state index in [-0.39, 0.29) is 5.91 Å². The number of hydrogen-bond acceptors (Lipinski definition) is 3. The monoisotopic (exact) mass is 383 g/mol. The summed E-state index contributed by atoms with van der Waals surface area (Å²) in [5, 5.41) is 7.72. The van der Waals surface area contributed by atoms with Crippen molar-refractivity contribution in [2.24, 2.45) is 0 Å². The number of anilines is 1. The van der Waals surface area contributed by atoms with Crippen LogP contribution in [0.1, 0.15) is 34.1 Å². The van der Waals surface area contributed by atoms with Gasteiger partial charge in [-0.15, -0.1) is 0 Å². The van der Waals surface area contributed by atoms with Gasteiger partial charge in [0.15, 0.2) is 0 Å². The standard InChI is InChI=1S/C21H22ClN3O2/c1-4-25-15(3)19(12-23-25)24-21(26)17-8-6-16(7-9-17)13-27-20-11-14(2)5-10-18(20)22/h5-12H,4,13H2,1-3H3,(H,24,26). The lowest BCUT2D eigenvalue weighted by Crippen LogP contribution is -2.12. The van der Waals surface area contributed by atoms with Crippen LogP contribution in [0.2, 0.25) is 5.02 Å². The van der Waals surface area contributed by atoms with Crippen molar-refractivity contribution < 1.29 is 9.53 Å². The van der Waals surface area contributed by atoms with Crippen LogP contribution in [-0.4, -0.2) is 15.7 Å². The topological polar surface area (TPSA) is 56.2 Å². The maximum atomic E-state index is 12.4. The zero-order chi connectivity index (χ0) is 19.4. The predicted molar refractivity (Wildman–Crippen MR) is 108 cm³/mol. The molecule has 0 aliphatic rings. The Morgan fingerprint density at radius 3 is 2.59 bits per heavy atom. The van der Waals surface area contributed by atoms with Gasteiger partial charge in [-0.05, 0) is 56.2 Å². The third kappa shape index (κ3) is 4.49. The Morgan fingerprint density at radius 1 is 1.19 bits per heavy atom. The third-order valence-electron chi connectivity index (χ3n) is 4.35. The largest absolute Gasteiger partial charge is 0.487 e. The van der Waals surface area contributed by atoms with Crippen LogP contribution >= 0.6 is 11.6 Å². The minimum atomic E-state index is -0.164. The molecule has 0 bridgehead atoms. The van der Waals surface area contributed by atoms with Crippen LogP contribution in [0.5, 0.6) is 5.75 Å². The molecular weight excluding hydrogens is 362 g/mol. The summed E-state index contributed by atoms with van der Waals surface area (Å²) in [7, 11) is 0. The fourth-order valence-corrected chi connectivity index (χ4v) is 2.89. The number of rotatable bonds is 6. The van der Waals surface area contributed by atoms with E-state index in [4.69, 9.17) is 16.3 Å². The molecule has 3 aromatic rings. The minimum absolute atomic E-state index is 0.164. The number of amides is 1. The lowest BCUT2D eigenvalue weighted by Gasteiger charge is -2.10. The Morgan fingerprint density at radius 2 is 1.93 bits per heavy atom. The molecule has 140 valence electrons. The number of carbonyl (C=O) groups excluding carboxylic acids is 1. The van der Waals surface area contributed by atoms with E-state index in [9.17, 15) is 4.79 Å². The lowest BCUT2D eigenvalue weighted by molar-refractivity contribution is 0.102. The Labute approximate surface area is 163 Å². The summed E-state index contributed by atoms with van der Waals surface area (Å²) in [6, 6.07) is 13.0. The van der Waals surface area contributed by atoms with E-state index in [2.05, 4.69) is 10.4 Å². The maximum Gasteiger partial charge on any atom is 0.255 e. The molecule has 1 heterocycles. The molecule has 0 aliphatic heterocycles. The van der Waals surface area contributed by atoms with Gasteiger partial charge in [-0.25, -0.2) is 0 Å². The fourth-order valence-electron chi connectivity index (χ4n) is 2.72. The fraction of sp³-hybridized carbons (Fsp3) is 0.238. The third-order valence-corrected chi connectivity index (χ3v) is 4.66. The molecule has 1 amide bonds. The number of aryl methyl sites for hydroxylation is 2. The quantitative estimate of drug-likeness (QED) is 0.651. The van der Waals surface area contributed by atoms with Gasteiger partial charge < -0.3 is 10.1 Å². The molecule has 6 heteroatoms. The van der Waals surface area contributed by atoms with Gasteiger partial charge >= 0.3 is 0 Å². The molecule has 0 atom stereocenters. The van der Waals surface area contributed by atoms with Crippen molar-refractivity contribution in [3.63, 3.8) is 0 Å². The Bertz CT molecular complexity index is 949. The van der Waals surface area contributed by atoms with Crippen molar-refractivity contribution in [2.45, 2.75) is 33.9 Å². The second-order valence-electron chi connectivity index (χ2n) is 6.33. The SMILES string of the molecule is CCn1ncc(NC(=O)c2ccc(COc3cc(C)ccc3Cl)cc2)c1C. The first-order valence-electron chi connectivity index (χ1n) is 8.79. The van der Waals surface area contributed by atoms with Crippen molar-refractivity contribution in [2.75, 3.05) is 5.32 Å². The van der Waals surface area contributed by atoms with E-state index in [1.807, 2.05) is 55.8 Å². The molecule has 0 saturated carbocycles. The van der Waals surface area contributed by atoms with E-state index < -0.39 is 0 Å². The number of nitrogens with one attached hydrogen (secondary N) is 1. The van der Waals surface area contributed by atoms with Gasteiger partial charge in [-0.2, -0.15) is 5.10 Å². The molecule has 1 aromatic heterocycles. The molecule has 0 unspecified atom stereocenters. The second-order valence-corrected chi connectivity index (χ2v) is 6.74. The lowest BCUT2D eigenvalue weighted by atomic mass is 10.1. The van der Waals surface area contributed by atoms with Crippen molar-refractivity contribution in [1.82, 2.24) is 9.78 Å². The average Bonchev–Trinajstić information content (AvgIpc) is 3.02. The Kier molecular flexibility index (Phi) is 5.81. The van der Waals surface area contributed by atoms with Crippen LogP contribution in [0.25, 0.3) is 0 Å². The highest BCUT2D eigenvalue weighted by molar-refractivity contribution is 6.32. The smallest absolute Gasteiger partial charge is 0.255 e. The molecule has 5 nitrogen and oxygen atoms in total. The molecule has 1 N–H and O–H groups in total. The summed E-state index contributed by atoms with van der Waals surface area (Å²) >= 11 is 6.15. The van der Waals surface area contributed by atoms with Crippen LogP contribution in [0.3, 0.4) is 0 Å². The van der Waals surface area contributed by atoms with E-state index >= 15 is 0 Å². The zero-order valence-corrected chi connectivity index (χ0v) is 16.4. The van der Waals surface area contributed by atoms with E-state index in [1.165, 1.54) is 0 Å². The molecule has 0 fully saturated rings. The number of nitrogens with zero attached hydrogens (tertiary/aromatic N) is 2. The maximum absolute atomic E-state index is 12.4. The first kappa shape index (κ1) is 19.0. The Balaban J connectivity index is 1.63. The van der Waals surface area contributed by atoms with E-state index in [0.717, 1.165) is 29.1 Å². The number of benzene rings is 2. The van der Waals surface area contributed by atoms with Gasteiger partial charge in [0.2, 0.25) is 0 Å². The zero-order valence-electron chi connectivity index (χ0n) is 15.6. The summed E-state index contributed by atoms with van der Waals surface area (Å²) < 4.78 is 7.63. The normalized spacial score (nSPS) is 10.7. The van der Waals surface area contributed by atoms with Gasteiger partial charge in [-0.1, -0.05) is 29.8 Å². The van der Waals surface area contributed by atoms with E-state index in [0.29, 0.717) is 22.9 Å². The first-order valence-corrected chi connectivity index (χ1v) is 9.17. The molecule has 0 saturated heterocycles. The number of carbonyl (C=O) groups is 1. The number of hydrogen-bond donors (Lipinski definition) is 1. The number of ether oxygens (including phenoxy) is 1. The van der Waals surface area contributed by atoms with Crippen molar-refractivity contribution >= 4 is 23.2 Å². The first-order chi connectivity index (χ1) is 13.0. The summed E-state index contributed by atoms with van der Waals surface area (Å²) in [6.45, 7) is 7.08. The second kappa shape index (κ2) is 8.27. The highest BCUT2D eigenvalue weighted by Gasteiger charge is 2.11. The Hall–Kier alpha value is -2.79. The van der Waals surface area contributed by atoms with Crippen LogP contribution in [-0.2, 0) is 13.2 Å². The molecule has 0 radical (unpaired) electrons. The van der Waals surface area contributed by atoms with Crippen molar-refractivity contribution in [3.05, 3.63) is 76.1 Å². The summed E-state index contributed by atoms with van der Waals surface area (Å²) in [5.41, 5.74) is 4.28. The molecular formula is C21H22ClN3O2. The highest BCUT2D eigenvalue weighted by Crippen LogP contribution is 2.26. The molecule has 0 spiro atoms. The highest BCUT2D eigenvalue weighted by atomic mass is 35.5. The van der Waals surface area contributed by atoms with Crippen LogP contribution < -0.4 is 10.1 Å². The van der Waals surface area contributed by atoms with Crippen molar-refractivity contribution in [3.8, 4) is 5.75 Å². The predicted octanol–water partition coefficient (Wildman–Crippen LogP) is 5.00. The average molecular weight is 384 g/mol. The van der Waals surface area contributed by atoms with Gasteiger partial charge in [0.05, 0.1) is 22.6 Å². The molecule has 3 rings (SSSR count). The van der Waals surface area contributed by atoms with E-state index in [1.54, 1.807) is 18.3 Å². The number of aromatic nitrogens is 2. The summed E-state index contributed by atoms with van der Waals surface area (Å²) in [5.74, 6) is 0.491. The minimum Gasteiger partial charge on any atom is -0.487 e. The van der Waals surface area contributed by atoms with Gasteiger partial charge in [0.25, 0.3) is 5.91 Å². The summed E-state index contributed by atoms with van der Waals surface area (Å²) in [4.78, 5) is 12.4. The molecule has 0 aliphatic carbocycles. The van der Waals surface area contributed by atoms with Crippen LogP contribution in [0.15, 0.2) is 48.7 Å². The van der Waals surface area contributed by atoms with Gasteiger partial charge in [0, 0.05) is 12.1 Å². The molecule has 2 aromatic carbocycles. The van der Waals surface area contributed by atoms with Crippen LogP contribution in [0.4, 0.5) is 5.69 Å². The number of halogens is 1.